The van der Waals surface area contributed by atoms with E-state index >= 15 is 0 Å². The van der Waals surface area contributed by atoms with Gasteiger partial charge >= 0.3 is 0 Å². The molecule has 1 aromatic heterocycles. The Labute approximate surface area is 231 Å². The van der Waals surface area contributed by atoms with Gasteiger partial charge in [-0.3, -0.25) is 4.57 Å². The monoisotopic (exact) mass is 506 g/mol. The highest BCUT2D eigenvalue weighted by Gasteiger charge is 2.16. The highest BCUT2D eigenvalue weighted by Crippen LogP contribution is 2.34. The maximum atomic E-state index is 5.09. The molecule has 0 aliphatic heterocycles. The molecule has 1 heterocycles. The fourth-order valence-corrected chi connectivity index (χ4v) is 5.09. The van der Waals surface area contributed by atoms with E-state index in [1.54, 1.807) is 0 Å². The Morgan fingerprint density at radius 3 is 2.03 bits per heavy atom. The first-order valence-corrected chi connectivity index (χ1v) is 13.7. The van der Waals surface area contributed by atoms with E-state index in [-0.39, 0.29) is 0 Å². The number of para-hydroxylation sites is 2. The second kappa shape index (κ2) is 11.8. The SMILES string of the molecule is C/C=C\C(=C/C)c1ccc(-c2ccc(-n3c(-c4cccc5ccccc45)nc4ccccc43)cc2)cc1.CC. The lowest BCUT2D eigenvalue weighted by Crippen LogP contribution is -1.98. The Morgan fingerprint density at radius 2 is 1.31 bits per heavy atom. The molecule has 0 aliphatic rings. The fraction of sp³-hybridized carbons (Fsp3) is 0.108. The number of hydrogen-bond donors (Lipinski definition) is 0. The molecular formula is C37H34N2. The number of aromatic nitrogens is 2. The third-order valence-electron chi connectivity index (χ3n) is 6.93. The second-order valence-electron chi connectivity index (χ2n) is 9.15. The fourth-order valence-electron chi connectivity index (χ4n) is 5.09. The molecule has 0 aliphatic carbocycles. The standard InChI is InChI=1S/C35H28N2.C2H6/c1-3-10-25(4-2)26-17-19-27(20-18-26)28-21-23-30(24-22-28)37-34-16-8-7-15-33(34)36-35(37)32-14-9-12-29-11-5-6-13-31(29)32;1-2/h3-24H,1-2H3;1-2H3/b10-3-,25-4+;. The Morgan fingerprint density at radius 1 is 0.667 bits per heavy atom. The van der Waals surface area contributed by atoms with Crippen molar-refractivity contribution in [2.45, 2.75) is 27.7 Å². The highest BCUT2D eigenvalue weighted by atomic mass is 15.1. The lowest BCUT2D eigenvalue weighted by Gasteiger charge is -2.13. The van der Waals surface area contributed by atoms with Crippen LogP contribution < -0.4 is 0 Å². The van der Waals surface area contributed by atoms with Crippen LogP contribution in [-0.2, 0) is 0 Å². The van der Waals surface area contributed by atoms with Gasteiger partial charge in [-0.25, -0.2) is 4.98 Å². The largest absolute Gasteiger partial charge is 0.292 e. The summed E-state index contributed by atoms with van der Waals surface area (Å²) in [4.78, 5) is 5.09. The molecule has 192 valence electrons. The molecular weight excluding hydrogens is 472 g/mol. The van der Waals surface area contributed by atoms with E-state index in [4.69, 9.17) is 4.98 Å². The average Bonchev–Trinajstić information content (AvgIpc) is 3.40. The van der Waals surface area contributed by atoms with E-state index in [0.717, 1.165) is 28.1 Å². The second-order valence-corrected chi connectivity index (χ2v) is 9.15. The Bertz CT molecular complexity index is 1760. The molecule has 0 saturated carbocycles. The molecule has 6 rings (SSSR count). The van der Waals surface area contributed by atoms with Gasteiger partial charge in [0.25, 0.3) is 0 Å². The first kappa shape index (κ1) is 25.9. The summed E-state index contributed by atoms with van der Waals surface area (Å²) >= 11 is 0. The van der Waals surface area contributed by atoms with Gasteiger partial charge in [0.2, 0.25) is 0 Å². The van der Waals surface area contributed by atoms with Crippen molar-refractivity contribution >= 4 is 27.4 Å². The first-order valence-electron chi connectivity index (χ1n) is 13.7. The summed E-state index contributed by atoms with van der Waals surface area (Å²) in [5, 5.41) is 2.42. The predicted octanol–water partition coefficient (Wildman–Crippen LogP) is 10.5. The molecule has 39 heavy (non-hydrogen) atoms. The van der Waals surface area contributed by atoms with Crippen LogP contribution in [0, 0.1) is 0 Å². The summed E-state index contributed by atoms with van der Waals surface area (Å²) in [5.41, 5.74) is 9.19. The lowest BCUT2D eigenvalue weighted by atomic mass is 9.99. The summed E-state index contributed by atoms with van der Waals surface area (Å²) in [7, 11) is 0. The number of imidazole rings is 1. The van der Waals surface area contributed by atoms with Gasteiger partial charge in [0, 0.05) is 11.3 Å². The van der Waals surface area contributed by atoms with Crippen molar-refractivity contribution in [3.8, 4) is 28.2 Å². The number of rotatable bonds is 5. The third-order valence-corrected chi connectivity index (χ3v) is 6.93. The zero-order valence-corrected chi connectivity index (χ0v) is 23.1. The molecule has 0 radical (unpaired) electrons. The number of benzene rings is 5. The van der Waals surface area contributed by atoms with Crippen LogP contribution in [0.2, 0.25) is 0 Å². The van der Waals surface area contributed by atoms with E-state index in [9.17, 15) is 0 Å². The molecule has 2 nitrogen and oxygen atoms in total. The number of nitrogens with zero attached hydrogens (tertiary/aromatic N) is 2. The van der Waals surface area contributed by atoms with Gasteiger partial charge in [0.15, 0.2) is 0 Å². The van der Waals surface area contributed by atoms with Crippen LogP contribution in [0.25, 0.3) is 55.6 Å². The minimum atomic E-state index is 0.956. The number of allylic oxidation sites excluding steroid dienone is 4. The van der Waals surface area contributed by atoms with Crippen molar-refractivity contribution in [3.63, 3.8) is 0 Å². The van der Waals surface area contributed by atoms with Gasteiger partial charge in [-0.2, -0.15) is 0 Å². The molecule has 0 saturated heterocycles. The summed E-state index contributed by atoms with van der Waals surface area (Å²) in [5.74, 6) is 0.956. The molecule has 2 heteroatoms. The maximum absolute atomic E-state index is 5.09. The van der Waals surface area contributed by atoms with E-state index in [1.807, 2.05) is 13.8 Å². The zero-order chi connectivity index (χ0) is 27.2. The van der Waals surface area contributed by atoms with Crippen LogP contribution in [0.4, 0.5) is 0 Å². The Hall–Kier alpha value is -4.69. The molecule has 0 N–H and O–H groups in total. The van der Waals surface area contributed by atoms with Gasteiger partial charge in [0.05, 0.1) is 11.0 Å². The minimum Gasteiger partial charge on any atom is -0.292 e. The normalized spacial score (nSPS) is 11.6. The average molecular weight is 507 g/mol. The van der Waals surface area contributed by atoms with Gasteiger partial charge in [-0.05, 0) is 71.1 Å². The van der Waals surface area contributed by atoms with Crippen molar-refractivity contribution in [2.75, 3.05) is 0 Å². The van der Waals surface area contributed by atoms with E-state index in [0.29, 0.717) is 0 Å². The molecule has 0 amide bonds. The van der Waals surface area contributed by atoms with Crippen LogP contribution in [0.1, 0.15) is 33.3 Å². The molecule has 0 fully saturated rings. The maximum Gasteiger partial charge on any atom is 0.146 e. The van der Waals surface area contributed by atoms with E-state index in [1.165, 1.54) is 33.0 Å². The Kier molecular flexibility index (Phi) is 7.84. The first-order chi connectivity index (χ1) is 19.3. The van der Waals surface area contributed by atoms with Crippen LogP contribution in [0.5, 0.6) is 0 Å². The summed E-state index contributed by atoms with van der Waals surface area (Å²) in [6.45, 7) is 8.13. The van der Waals surface area contributed by atoms with Crippen molar-refractivity contribution in [2.24, 2.45) is 0 Å². The van der Waals surface area contributed by atoms with Gasteiger partial charge in [0.1, 0.15) is 5.82 Å². The molecule has 0 unspecified atom stereocenters. The quantitative estimate of drug-likeness (QED) is 0.213. The Balaban J connectivity index is 0.00000151. The van der Waals surface area contributed by atoms with Crippen molar-refractivity contribution < 1.29 is 0 Å². The molecule has 6 aromatic rings. The molecule has 5 aromatic carbocycles. The van der Waals surface area contributed by atoms with Crippen LogP contribution >= 0.6 is 0 Å². The molecule has 0 atom stereocenters. The van der Waals surface area contributed by atoms with Crippen molar-refractivity contribution in [1.29, 1.82) is 0 Å². The summed E-state index contributed by atoms with van der Waals surface area (Å²) in [6.07, 6.45) is 6.37. The number of hydrogen-bond acceptors (Lipinski definition) is 1. The van der Waals surface area contributed by atoms with Gasteiger partial charge in [-0.15, -0.1) is 0 Å². The molecule has 0 spiro atoms. The summed E-state index contributed by atoms with van der Waals surface area (Å²) < 4.78 is 2.28. The highest BCUT2D eigenvalue weighted by molar-refractivity contribution is 5.97. The van der Waals surface area contributed by atoms with Crippen LogP contribution in [0.15, 0.2) is 133 Å². The minimum absolute atomic E-state index is 0.956. The van der Waals surface area contributed by atoms with E-state index < -0.39 is 0 Å². The van der Waals surface area contributed by atoms with Gasteiger partial charge < -0.3 is 0 Å². The van der Waals surface area contributed by atoms with Crippen molar-refractivity contribution in [3.05, 3.63) is 139 Å². The lowest BCUT2D eigenvalue weighted by molar-refractivity contribution is 1.11. The zero-order valence-electron chi connectivity index (χ0n) is 23.1. The van der Waals surface area contributed by atoms with Crippen molar-refractivity contribution in [1.82, 2.24) is 9.55 Å². The smallest absolute Gasteiger partial charge is 0.146 e. The predicted molar refractivity (Wildman–Crippen MR) is 169 cm³/mol. The summed E-state index contributed by atoms with van der Waals surface area (Å²) in [6, 6.07) is 40.9. The topological polar surface area (TPSA) is 17.8 Å². The number of fused-ring (bicyclic) bond motifs is 2. The van der Waals surface area contributed by atoms with Crippen LogP contribution in [0.3, 0.4) is 0 Å². The van der Waals surface area contributed by atoms with Crippen LogP contribution in [-0.4, -0.2) is 9.55 Å². The molecule has 0 bridgehead atoms. The van der Waals surface area contributed by atoms with Gasteiger partial charge in [-0.1, -0.05) is 123 Å². The third kappa shape index (κ3) is 5.06. The van der Waals surface area contributed by atoms with E-state index in [2.05, 4.69) is 152 Å².